The van der Waals surface area contributed by atoms with Crippen molar-refractivity contribution in [3.8, 4) is 0 Å². The van der Waals surface area contributed by atoms with Gasteiger partial charge in [-0.25, -0.2) is 4.79 Å². The smallest absolute Gasteiger partial charge is 0.339 e. The minimum absolute atomic E-state index is 0.00690. The van der Waals surface area contributed by atoms with Crippen molar-refractivity contribution < 1.29 is 19.1 Å². The molecule has 0 atom stereocenters. The van der Waals surface area contributed by atoms with Crippen LogP contribution in [0.25, 0.3) is 0 Å². The van der Waals surface area contributed by atoms with Crippen LogP contribution in [0.15, 0.2) is 29.2 Å². The zero-order valence-corrected chi connectivity index (χ0v) is 20.5. The molecule has 5 rings (SSSR count). The number of carbonyl (C=O) groups is 3. The quantitative estimate of drug-likeness (QED) is 0.391. The Hall–Kier alpha value is -2.02. The van der Waals surface area contributed by atoms with Crippen LogP contribution in [0.4, 0.5) is 0 Å². The van der Waals surface area contributed by atoms with Crippen molar-refractivity contribution in [2.24, 2.45) is 17.8 Å². The molecule has 33 heavy (non-hydrogen) atoms. The van der Waals surface area contributed by atoms with Gasteiger partial charge in [0, 0.05) is 16.5 Å². The summed E-state index contributed by atoms with van der Waals surface area (Å²) in [5.74, 6) is 1.80. The Labute approximate surface area is 201 Å². The minimum atomic E-state index is -0.542. The van der Waals surface area contributed by atoms with E-state index in [0.717, 1.165) is 49.9 Å². The molecule has 4 aliphatic rings. The minimum Gasteiger partial charge on any atom is -0.452 e. The predicted molar refractivity (Wildman–Crippen MR) is 129 cm³/mol. The van der Waals surface area contributed by atoms with Gasteiger partial charge in [-0.3, -0.25) is 9.59 Å². The first-order chi connectivity index (χ1) is 15.9. The summed E-state index contributed by atoms with van der Waals surface area (Å²) in [7, 11) is 0. The van der Waals surface area contributed by atoms with Gasteiger partial charge in [0.2, 0.25) is 5.91 Å². The van der Waals surface area contributed by atoms with Crippen molar-refractivity contribution in [3.05, 3.63) is 29.8 Å². The Kier molecular flexibility index (Phi) is 7.67. The summed E-state index contributed by atoms with van der Waals surface area (Å²) in [5, 5.41) is 6.25. The fraction of sp³-hybridized carbons (Fsp3) is 0.654. The van der Waals surface area contributed by atoms with Crippen molar-refractivity contribution in [2.45, 2.75) is 81.7 Å². The lowest BCUT2D eigenvalue weighted by Gasteiger charge is -2.56. The molecule has 180 valence electrons. The first kappa shape index (κ1) is 24.1. The molecule has 1 aromatic rings. The second-order valence-electron chi connectivity index (χ2n) is 10.2. The van der Waals surface area contributed by atoms with E-state index in [2.05, 4.69) is 10.6 Å². The molecular formula is C26H36N2O4S. The second kappa shape index (κ2) is 10.5. The van der Waals surface area contributed by atoms with Gasteiger partial charge in [0.05, 0.1) is 11.3 Å². The Morgan fingerprint density at radius 2 is 1.61 bits per heavy atom. The summed E-state index contributed by atoms with van der Waals surface area (Å²) in [6.45, 7) is 3.71. The highest BCUT2D eigenvalue weighted by molar-refractivity contribution is 8.00. The maximum atomic E-state index is 12.9. The number of hydrogen-bond acceptors (Lipinski definition) is 5. The summed E-state index contributed by atoms with van der Waals surface area (Å²) in [6, 6.07) is 7.20. The number of thioether (sulfide) groups is 1. The molecule has 4 saturated carbocycles. The molecule has 0 aliphatic heterocycles. The van der Waals surface area contributed by atoms with Gasteiger partial charge in [-0.05, 0) is 81.3 Å². The second-order valence-corrected chi connectivity index (χ2v) is 11.2. The van der Waals surface area contributed by atoms with Crippen molar-refractivity contribution in [2.75, 3.05) is 12.4 Å². The highest BCUT2D eigenvalue weighted by Crippen LogP contribution is 2.55. The van der Waals surface area contributed by atoms with Crippen molar-refractivity contribution in [1.82, 2.24) is 10.6 Å². The molecule has 2 amide bonds. The van der Waals surface area contributed by atoms with Crippen LogP contribution in [0, 0.1) is 17.8 Å². The fourth-order valence-electron chi connectivity index (χ4n) is 6.47. The van der Waals surface area contributed by atoms with Gasteiger partial charge in [-0.15, -0.1) is 11.8 Å². The first-order valence-electron chi connectivity index (χ1n) is 12.4. The summed E-state index contributed by atoms with van der Waals surface area (Å²) in [5.41, 5.74) is 0.382. The van der Waals surface area contributed by atoms with E-state index < -0.39 is 5.97 Å². The molecule has 2 N–H and O–H groups in total. The third kappa shape index (κ3) is 5.92. The van der Waals surface area contributed by atoms with Crippen LogP contribution in [-0.4, -0.2) is 41.7 Å². The summed E-state index contributed by atoms with van der Waals surface area (Å²) in [4.78, 5) is 38.2. The summed E-state index contributed by atoms with van der Waals surface area (Å²) >= 11 is 1.35. The number of hydrogen-bond donors (Lipinski definition) is 2. The zero-order valence-electron chi connectivity index (χ0n) is 19.7. The number of carbonyl (C=O) groups excluding carboxylic acids is 3. The van der Waals surface area contributed by atoms with Gasteiger partial charge >= 0.3 is 5.97 Å². The van der Waals surface area contributed by atoms with Gasteiger partial charge in [0.1, 0.15) is 0 Å². The number of rotatable bonds is 10. The van der Waals surface area contributed by atoms with Gasteiger partial charge in [0.15, 0.2) is 6.61 Å². The Bertz CT molecular complexity index is 848. The van der Waals surface area contributed by atoms with Crippen molar-refractivity contribution in [3.63, 3.8) is 0 Å². The number of benzene rings is 1. The van der Waals surface area contributed by atoms with Gasteiger partial charge in [-0.2, -0.15) is 0 Å². The van der Waals surface area contributed by atoms with Crippen LogP contribution in [0.2, 0.25) is 0 Å². The Morgan fingerprint density at radius 3 is 2.21 bits per heavy atom. The molecule has 4 aliphatic carbocycles. The molecule has 7 heteroatoms. The molecule has 0 heterocycles. The van der Waals surface area contributed by atoms with Gasteiger partial charge in [-0.1, -0.05) is 26.0 Å². The van der Waals surface area contributed by atoms with E-state index in [-0.39, 0.29) is 35.8 Å². The number of nitrogens with one attached hydrogen (secondary N) is 2. The molecule has 0 saturated heterocycles. The van der Waals surface area contributed by atoms with E-state index in [1.165, 1.54) is 31.0 Å². The van der Waals surface area contributed by atoms with Crippen LogP contribution < -0.4 is 10.6 Å². The predicted octanol–water partition coefficient (Wildman–Crippen LogP) is 4.33. The van der Waals surface area contributed by atoms with Gasteiger partial charge < -0.3 is 15.4 Å². The molecule has 6 nitrogen and oxygen atoms in total. The monoisotopic (exact) mass is 472 g/mol. The van der Waals surface area contributed by atoms with Gasteiger partial charge in [0.25, 0.3) is 5.91 Å². The molecule has 4 bridgehead atoms. The summed E-state index contributed by atoms with van der Waals surface area (Å²) < 4.78 is 5.25. The molecule has 0 unspecified atom stereocenters. The molecule has 0 spiro atoms. The van der Waals surface area contributed by atoms with E-state index in [9.17, 15) is 14.4 Å². The Balaban J connectivity index is 1.29. The molecular weight excluding hydrogens is 436 g/mol. The molecule has 1 aromatic carbocycles. The van der Waals surface area contributed by atoms with Crippen LogP contribution in [0.5, 0.6) is 0 Å². The first-order valence-corrected chi connectivity index (χ1v) is 13.4. The van der Waals surface area contributed by atoms with Crippen LogP contribution in [-0.2, 0) is 14.3 Å². The molecule has 4 fully saturated rings. The standard InChI is InChI=1S/C26H36N2O4S/c1-3-20(4-2)27-23(29)15-32-25(31)21-7-5-6-8-22(21)33-16-24(30)28-26-12-17-9-18(13-26)11-19(10-17)14-26/h5-8,17-20H,3-4,9-16H2,1-2H3,(H,27,29)(H,28,30). The maximum absolute atomic E-state index is 12.9. The maximum Gasteiger partial charge on any atom is 0.339 e. The lowest BCUT2D eigenvalue weighted by molar-refractivity contribution is -0.125. The summed E-state index contributed by atoms with van der Waals surface area (Å²) in [6.07, 6.45) is 9.06. The number of esters is 1. The van der Waals surface area contributed by atoms with E-state index in [4.69, 9.17) is 4.74 Å². The zero-order chi connectivity index (χ0) is 23.4. The van der Waals surface area contributed by atoms with Crippen LogP contribution in [0.1, 0.15) is 75.6 Å². The van der Waals surface area contributed by atoms with Crippen molar-refractivity contribution in [1.29, 1.82) is 0 Å². The lowest BCUT2D eigenvalue weighted by atomic mass is 9.53. The molecule has 0 radical (unpaired) electrons. The van der Waals surface area contributed by atoms with Crippen LogP contribution in [0.3, 0.4) is 0 Å². The van der Waals surface area contributed by atoms with Crippen LogP contribution >= 0.6 is 11.8 Å². The van der Waals surface area contributed by atoms with E-state index >= 15 is 0 Å². The average molecular weight is 473 g/mol. The Morgan fingerprint density at radius 1 is 1.00 bits per heavy atom. The van der Waals surface area contributed by atoms with E-state index in [0.29, 0.717) is 10.5 Å². The lowest BCUT2D eigenvalue weighted by Crippen LogP contribution is -2.60. The van der Waals surface area contributed by atoms with E-state index in [1.807, 2.05) is 26.0 Å². The topological polar surface area (TPSA) is 84.5 Å². The number of ether oxygens (including phenoxy) is 1. The largest absolute Gasteiger partial charge is 0.452 e. The SMILES string of the molecule is CCC(CC)NC(=O)COC(=O)c1ccccc1SCC(=O)NC12CC3CC(CC(C3)C1)C2. The highest BCUT2D eigenvalue weighted by atomic mass is 32.2. The third-order valence-electron chi connectivity index (χ3n) is 7.59. The normalized spacial score (nSPS) is 27.4. The fourth-order valence-corrected chi connectivity index (χ4v) is 7.31. The third-order valence-corrected chi connectivity index (χ3v) is 8.67. The average Bonchev–Trinajstić information content (AvgIpc) is 2.78. The highest BCUT2D eigenvalue weighted by Gasteiger charge is 2.51. The van der Waals surface area contributed by atoms with E-state index in [1.54, 1.807) is 12.1 Å². The van der Waals surface area contributed by atoms with Crippen molar-refractivity contribution >= 4 is 29.5 Å². The number of amides is 2. The molecule has 0 aromatic heterocycles.